The first kappa shape index (κ1) is 14.9. The van der Waals surface area contributed by atoms with E-state index in [-0.39, 0.29) is 0 Å². The van der Waals surface area contributed by atoms with Crippen LogP contribution in [0.15, 0.2) is 30.3 Å². The maximum Gasteiger partial charge on any atom is 0.0505 e. The van der Waals surface area contributed by atoms with Crippen LogP contribution in [-0.2, 0) is 19.3 Å². The van der Waals surface area contributed by atoms with Crippen LogP contribution < -0.4 is 5.73 Å². The Bertz CT molecular complexity index is 592. The Morgan fingerprint density at radius 2 is 1.50 bits per heavy atom. The minimum absolute atomic E-state index is 0.708. The largest absolute Gasteiger partial charge is 0.399 e. The predicted octanol–water partition coefficient (Wildman–Crippen LogP) is 5.28. The molecule has 2 heteroatoms. The summed E-state index contributed by atoms with van der Waals surface area (Å²) in [4.78, 5) is 0. The van der Waals surface area contributed by atoms with E-state index in [0.717, 1.165) is 29.8 Å². The van der Waals surface area contributed by atoms with Crippen molar-refractivity contribution in [3.63, 3.8) is 0 Å². The van der Waals surface area contributed by atoms with Crippen LogP contribution in [0.1, 0.15) is 37.5 Å². The lowest BCUT2D eigenvalue weighted by Crippen LogP contribution is -1.98. The van der Waals surface area contributed by atoms with E-state index in [4.69, 9.17) is 17.3 Å². The van der Waals surface area contributed by atoms with Gasteiger partial charge in [-0.05, 0) is 53.6 Å². The molecule has 2 rings (SSSR count). The van der Waals surface area contributed by atoms with Gasteiger partial charge in [0.1, 0.15) is 0 Å². The molecular weight excluding hydrogens is 266 g/mol. The highest BCUT2D eigenvalue weighted by Crippen LogP contribution is 2.36. The molecule has 0 aliphatic heterocycles. The second-order valence-electron chi connectivity index (χ2n) is 5.09. The maximum atomic E-state index is 6.42. The molecule has 106 valence electrons. The van der Waals surface area contributed by atoms with Gasteiger partial charge < -0.3 is 5.73 Å². The van der Waals surface area contributed by atoms with E-state index in [9.17, 15) is 0 Å². The second-order valence-corrected chi connectivity index (χ2v) is 5.50. The van der Waals surface area contributed by atoms with Crippen molar-refractivity contribution in [1.29, 1.82) is 0 Å². The molecule has 0 bridgehead atoms. The lowest BCUT2D eigenvalue weighted by molar-refractivity contribution is 1.05. The van der Waals surface area contributed by atoms with Crippen molar-refractivity contribution >= 4 is 17.3 Å². The van der Waals surface area contributed by atoms with Gasteiger partial charge in [0, 0.05) is 11.3 Å². The Hall–Kier alpha value is -1.47. The first-order valence-electron chi connectivity index (χ1n) is 7.30. The van der Waals surface area contributed by atoms with E-state index in [1.807, 2.05) is 18.2 Å². The molecule has 0 heterocycles. The molecule has 0 saturated carbocycles. The summed E-state index contributed by atoms with van der Waals surface area (Å²) in [6, 6.07) is 10.4. The Kier molecular flexibility index (Phi) is 4.72. The summed E-state index contributed by atoms with van der Waals surface area (Å²) in [7, 11) is 0. The van der Waals surface area contributed by atoms with Gasteiger partial charge in [-0.25, -0.2) is 0 Å². The van der Waals surface area contributed by atoms with Gasteiger partial charge in [-0.3, -0.25) is 0 Å². The van der Waals surface area contributed by atoms with Crippen LogP contribution in [0.4, 0.5) is 5.69 Å². The third kappa shape index (κ3) is 2.83. The Morgan fingerprint density at radius 1 is 0.900 bits per heavy atom. The minimum atomic E-state index is 0.708. The number of nitrogens with two attached hydrogens (primary N) is 1. The van der Waals surface area contributed by atoms with E-state index >= 15 is 0 Å². The van der Waals surface area contributed by atoms with Gasteiger partial charge in [0.05, 0.1) is 5.02 Å². The Balaban J connectivity index is 2.71. The number of anilines is 1. The fourth-order valence-corrected chi connectivity index (χ4v) is 2.97. The number of rotatable bonds is 4. The molecule has 0 aliphatic rings. The van der Waals surface area contributed by atoms with Crippen LogP contribution in [0.2, 0.25) is 5.02 Å². The molecule has 0 fully saturated rings. The SMILES string of the molecule is CCc1cc(CC)c(-c2ccc(N)cc2Cl)c(CC)c1. The molecule has 0 unspecified atom stereocenters. The van der Waals surface area contributed by atoms with Crippen molar-refractivity contribution in [2.45, 2.75) is 40.0 Å². The van der Waals surface area contributed by atoms with E-state index in [1.54, 1.807) is 0 Å². The molecule has 0 aliphatic carbocycles. The van der Waals surface area contributed by atoms with Gasteiger partial charge in [0.25, 0.3) is 0 Å². The second kappa shape index (κ2) is 6.32. The van der Waals surface area contributed by atoms with Gasteiger partial charge in [-0.1, -0.05) is 50.6 Å². The van der Waals surface area contributed by atoms with E-state index in [1.165, 1.54) is 22.3 Å². The molecule has 0 spiro atoms. The number of aryl methyl sites for hydroxylation is 3. The fourth-order valence-electron chi connectivity index (χ4n) is 2.68. The van der Waals surface area contributed by atoms with Crippen LogP contribution in [0, 0.1) is 0 Å². The van der Waals surface area contributed by atoms with Gasteiger partial charge in [-0.15, -0.1) is 0 Å². The van der Waals surface area contributed by atoms with Crippen molar-refractivity contribution in [1.82, 2.24) is 0 Å². The summed E-state index contributed by atoms with van der Waals surface area (Å²) >= 11 is 6.42. The molecule has 2 aromatic rings. The highest BCUT2D eigenvalue weighted by molar-refractivity contribution is 6.33. The molecule has 1 nitrogen and oxygen atoms in total. The van der Waals surface area contributed by atoms with Crippen molar-refractivity contribution in [2.75, 3.05) is 5.73 Å². The van der Waals surface area contributed by atoms with Gasteiger partial charge >= 0.3 is 0 Å². The standard InChI is InChI=1S/C18H22ClN/c1-4-12-9-13(5-2)18(14(6-3)10-12)16-8-7-15(20)11-17(16)19/h7-11H,4-6,20H2,1-3H3. The quantitative estimate of drug-likeness (QED) is 0.761. The highest BCUT2D eigenvalue weighted by Gasteiger charge is 2.13. The van der Waals surface area contributed by atoms with E-state index in [0.29, 0.717) is 5.69 Å². The third-order valence-electron chi connectivity index (χ3n) is 3.79. The van der Waals surface area contributed by atoms with Crippen LogP contribution in [0.3, 0.4) is 0 Å². The molecule has 2 aromatic carbocycles. The lowest BCUT2D eigenvalue weighted by Gasteiger charge is -2.17. The first-order valence-corrected chi connectivity index (χ1v) is 7.68. The average molecular weight is 288 g/mol. The van der Waals surface area contributed by atoms with Crippen LogP contribution >= 0.6 is 11.6 Å². The number of hydrogen-bond acceptors (Lipinski definition) is 1. The highest BCUT2D eigenvalue weighted by atomic mass is 35.5. The molecule has 0 aromatic heterocycles. The monoisotopic (exact) mass is 287 g/mol. The van der Waals surface area contributed by atoms with Gasteiger partial charge in [0.2, 0.25) is 0 Å². The van der Waals surface area contributed by atoms with Gasteiger partial charge in [-0.2, -0.15) is 0 Å². The van der Waals surface area contributed by atoms with E-state index < -0.39 is 0 Å². The average Bonchev–Trinajstić information content (AvgIpc) is 2.46. The summed E-state index contributed by atoms with van der Waals surface area (Å²) in [5.74, 6) is 0. The number of halogens is 1. The fraction of sp³-hybridized carbons (Fsp3) is 0.333. The minimum Gasteiger partial charge on any atom is -0.399 e. The molecule has 0 atom stereocenters. The van der Waals surface area contributed by atoms with Crippen LogP contribution in [0.25, 0.3) is 11.1 Å². The van der Waals surface area contributed by atoms with Crippen LogP contribution in [0.5, 0.6) is 0 Å². The topological polar surface area (TPSA) is 26.0 Å². The zero-order valence-corrected chi connectivity index (χ0v) is 13.2. The lowest BCUT2D eigenvalue weighted by atomic mass is 9.89. The predicted molar refractivity (Wildman–Crippen MR) is 89.4 cm³/mol. The molecule has 2 N–H and O–H groups in total. The normalized spacial score (nSPS) is 10.8. The number of benzene rings is 2. The molecule has 0 radical (unpaired) electrons. The Morgan fingerprint density at radius 3 is 1.95 bits per heavy atom. The van der Waals surface area contributed by atoms with Crippen molar-refractivity contribution in [3.05, 3.63) is 52.0 Å². The van der Waals surface area contributed by atoms with Crippen molar-refractivity contribution < 1.29 is 0 Å². The zero-order valence-electron chi connectivity index (χ0n) is 12.5. The number of hydrogen-bond donors (Lipinski definition) is 1. The third-order valence-corrected chi connectivity index (χ3v) is 4.11. The summed E-state index contributed by atoms with van der Waals surface area (Å²) in [6.07, 6.45) is 3.09. The molecular formula is C18H22ClN. The molecule has 0 saturated heterocycles. The van der Waals surface area contributed by atoms with Crippen LogP contribution in [-0.4, -0.2) is 0 Å². The summed E-state index contributed by atoms with van der Waals surface area (Å²) in [6.45, 7) is 6.59. The molecule has 20 heavy (non-hydrogen) atoms. The Labute approximate surface area is 126 Å². The summed E-state index contributed by atoms with van der Waals surface area (Å²) in [5, 5.41) is 0.735. The number of nitrogen functional groups attached to an aromatic ring is 1. The van der Waals surface area contributed by atoms with Crippen molar-refractivity contribution in [2.24, 2.45) is 0 Å². The zero-order chi connectivity index (χ0) is 14.7. The van der Waals surface area contributed by atoms with E-state index in [2.05, 4.69) is 32.9 Å². The first-order chi connectivity index (χ1) is 9.60. The van der Waals surface area contributed by atoms with Gasteiger partial charge in [0.15, 0.2) is 0 Å². The summed E-state index contributed by atoms with van der Waals surface area (Å²) < 4.78 is 0. The summed E-state index contributed by atoms with van der Waals surface area (Å²) in [5.41, 5.74) is 13.0. The van der Waals surface area contributed by atoms with Crippen molar-refractivity contribution in [3.8, 4) is 11.1 Å². The smallest absolute Gasteiger partial charge is 0.0505 e. The maximum absolute atomic E-state index is 6.42. The molecule has 0 amide bonds.